The van der Waals surface area contributed by atoms with E-state index in [1.54, 1.807) is 18.3 Å². The summed E-state index contributed by atoms with van der Waals surface area (Å²) in [5.74, 6) is 0.786. The number of epoxide rings is 1. The molecule has 1 aliphatic rings. The third-order valence-electron chi connectivity index (χ3n) is 6.20. The van der Waals surface area contributed by atoms with Crippen LogP contribution in [-0.4, -0.2) is 40.0 Å². The molecule has 0 N–H and O–H groups in total. The quantitative estimate of drug-likeness (QED) is 0.112. The molecular weight excluding hydrogens is 454 g/mol. The van der Waals surface area contributed by atoms with Crippen molar-refractivity contribution in [2.24, 2.45) is 0 Å². The van der Waals surface area contributed by atoms with Crippen molar-refractivity contribution in [2.45, 2.75) is 77.4 Å². The van der Waals surface area contributed by atoms with Gasteiger partial charge in [-0.15, -0.1) is 10.2 Å². The van der Waals surface area contributed by atoms with E-state index in [0.29, 0.717) is 18.2 Å². The number of ether oxygens (including phenoxy) is 3. The van der Waals surface area contributed by atoms with Crippen LogP contribution in [0.2, 0.25) is 0 Å². The van der Waals surface area contributed by atoms with E-state index in [0.717, 1.165) is 41.8 Å². The topological polar surface area (TPSA) is 86.7 Å². The van der Waals surface area contributed by atoms with Gasteiger partial charge in [-0.05, 0) is 55.3 Å². The standard InChI is InChI=1S/C29H35N3O4/c1-3-5-6-7-8-9-19-34-27-18-13-22(20-30-27)25-17-16-24(31-32-25)21-11-14-23(15-12-21)35-29(33)28-26(36-28)10-4-2/h11-18,20,26,28H,3-10,19H2,1-2H3/t26-,28-/m1/s1. The van der Waals surface area contributed by atoms with Gasteiger partial charge in [-0.25, -0.2) is 9.78 Å². The molecule has 1 saturated heterocycles. The zero-order chi connectivity index (χ0) is 25.2. The van der Waals surface area contributed by atoms with Crippen molar-refractivity contribution in [1.82, 2.24) is 15.2 Å². The molecule has 7 heteroatoms. The summed E-state index contributed by atoms with van der Waals surface area (Å²) in [6, 6.07) is 14.9. The fraction of sp³-hybridized carbons (Fsp3) is 0.448. The number of rotatable bonds is 14. The predicted molar refractivity (Wildman–Crippen MR) is 139 cm³/mol. The van der Waals surface area contributed by atoms with Gasteiger partial charge in [0.15, 0.2) is 6.10 Å². The Bertz CT molecular complexity index is 1090. The molecule has 0 radical (unpaired) electrons. The molecule has 1 aliphatic heterocycles. The van der Waals surface area contributed by atoms with Gasteiger partial charge in [-0.3, -0.25) is 0 Å². The Morgan fingerprint density at radius 2 is 1.53 bits per heavy atom. The highest BCUT2D eigenvalue weighted by Gasteiger charge is 2.45. The van der Waals surface area contributed by atoms with Crippen LogP contribution in [0, 0.1) is 0 Å². The lowest BCUT2D eigenvalue weighted by Crippen LogP contribution is -2.17. The number of unbranched alkanes of at least 4 members (excludes halogenated alkanes) is 5. The van der Waals surface area contributed by atoms with Crippen LogP contribution in [0.3, 0.4) is 0 Å². The van der Waals surface area contributed by atoms with Gasteiger partial charge in [-0.1, -0.05) is 52.4 Å². The Kier molecular flexibility index (Phi) is 9.39. The van der Waals surface area contributed by atoms with Crippen molar-refractivity contribution in [3.8, 4) is 34.1 Å². The zero-order valence-electron chi connectivity index (χ0n) is 21.2. The summed E-state index contributed by atoms with van der Waals surface area (Å²) >= 11 is 0. The number of carbonyl (C=O) groups is 1. The molecule has 2 atom stereocenters. The number of benzene rings is 1. The summed E-state index contributed by atoms with van der Waals surface area (Å²) < 4.78 is 16.6. The molecule has 36 heavy (non-hydrogen) atoms. The first-order valence-corrected chi connectivity index (χ1v) is 13.1. The van der Waals surface area contributed by atoms with Crippen molar-refractivity contribution in [3.63, 3.8) is 0 Å². The number of carbonyl (C=O) groups excluding carboxylic acids is 1. The lowest BCUT2D eigenvalue weighted by atomic mass is 10.1. The second kappa shape index (κ2) is 13.1. The van der Waals surface area contributed by atoms with Gasteiger partial charge in [0, 0.05) is 23.4 Å². The third kappa shape index (κ3) is 7.34. The lowest BCUT2D eigenvalue weighted by molar-refractivity contribution is -0.135. The molecule has 7 nitrogen and oxygen atoms in total. The van der Waals surface area contributed by atoms with Crippen LogP contribution < -0.4 is 9.47 Å². The summed E-state index contributed by atoms with van der Waals surface area (Å²) in [4.78, 5) is 16.5. The second-order valence-corrected chi connectivity index (χ2v) is 9.13. The number of aromatic nitrogens is 3. The molecule has 2 aromatic heterocycles. The smallest absolute Gasteiger partial charge is 0.343 e. The summed E-state index contributed by atoms with van der Waals surface area (Å²) in [7, 11) is 0. The van der Waals surface area contributed by atoms with Crippen LogP contribution in [0.5, 0.6) is 11.6 Å². The Morgan fingerprint density at radius 1 is 0.833 bits per heavy atom. The van der Waals surface area contributed by atoms with Gasteiger partial charge in [-0.2, -0.15) is 0 Å². The van der Waals surface area contributed by atoms with Gasteiger partial charge in [0.05, 0.1) is 24.1 Å². The van der Waals surface area contributed by atoms with Crippen LogP contribution >= 0.6 is 0 Å². The second-order valence-electron chi connectivity index (χ2n) is 9.13. The monoisotopic (exact) mass is 489 g/mol. The fourth-order valence-corrected chi connectivity index (χ4v) is 4.04. The molecule has 0 spiro atoms. The molecule has 0 amide bonds. The van der Waals surface area contributed by atoms with E-state index in [1.807, 2.05) is 36.4 Å². The van der Waals surface area contributed by atoms with Crippen LogP contribution in [0.1, 0.15) is 65.2 Å². The molecule has 0 aliphatic carbocycles. The molecule has 4 rings (SSSR count). The predicted octanol–water partition coefficient (Wildman–Crippen LogP) is 6.42. The maximum Gasteiger partial charge on any atom is 0.343 e. The molecule has 1 aromatic carbocycles. The number of nitrogens with zero attached hydrogens (tertiary/aromatic N) is 3. The molecule has 0 unspecified atom stereocenters. The van der Waals surface area contributed by atoms with Crippen LogP contribution in [0.4, 0.5) is 0 Å². The molecule has 190 valence electrons. The Morgan fingerprint density at radius 3 is 2.19 bits per heavy atom. The van der Waals surface area contributed by atoms with Gasteiger partial charge in [0.1, 0.15) is 5.75 Å². The maximum atomic E-state index is 12.1. The minimum atomic E-state index is -0.432. The number of hydrogen-bond acceptors (Lipinski definition) is 7. The third-order valence-corrected chi connectivity index (χ3v) is 6.20. The molecule has 3 heterocycles. The Labute approximate surface area is 213 Å². The van der Waals surface area contributed by atoms with Crippen LogP contribution in [0.25, 0.3) is 22.5 Å². The van der Waals surface area contributed by atoms with Crippen LogP contribution in [0.15, 0.2) is 54.7 Å². The minimum absolute atomic E-state index is 0.000373. The van der Waals surface area contributed by atoms with E-state index in [4.69, 9.17) is 14.2 Å². The SMILES string of the molecule is CCCCCCCCOc1ccc(-c2ccc(-c3ccc(OC(=O)[C@@H]4O[C@@H]4CCC)cc3)nn2)cn1. The molecule has 1 fully saturated rings. The summed E-state index contributed by atoms with van der Waals surface area (Å²) in [5, 5.41) is 8.72. The fourth-order valence-electron chi connectivity index (χ4n) is 4.04. The highest BCUT2D eigenvalue weighted by Crippen LogP contribution is 2.29. The highest BCUT2D eigenvalue weighted by atomic mass is 16.6. The molecule has 0 bridgehead atoms. The van der Waals surface area contributed by atoms with E-state index in [2.05, 4.69) is 29.0 Å². The molecule has 3 aromatic rings. The number of esters is 1. The number of hydrogen-bond donors (Lipinski definition) is 0. The van der Waals surface area contributed by atoms with Crippen molar-refractivity contribution < 1.29 is 19.0 Å². The minimum Gasteiger partial charge on any atom is -0.478 e. The Balaban J connectivity index is 1.25. The zero-order valence-corrected chi connectivity index (χ0v) is 21.2. The van der Waals surface area contributed by atoms with E-state index in [1.165, 1.54) is 32.1 Å². The van der Waals surface area contributed by atoms with Gasteiger partial charge >= 0.3 is 5.97 Å². The first-order chi connectivity index (χ1) is 17.7. The average Bonchev–Trinajstić information content (AvgIpc) is 3.69. The molecular formula is C29H35N3O4. The van der Waals surface area contributed by atoms with Crippen molar-refractivity contribution in [3.05, 3.63) is 54.7 Å². The van der Waals surface area contributed by atoms with Crippen molar-refractivity contribution >= 4 is 5.97 Å². The van der Waals surface area contributed by atoms with Crippen molar-refractivity contribution in [1.29, 1.82) is 0 Å². The first-order valence-electron chi connectivity index (χ1n) is 13.1. The summed E-state index contributed by atoms with van der Waals surface area (Å²) in [5.41, 5.74) is 3.24. The van der Waals surface area contributed by atoms with E-state index in [-0.39, 0.29) is 12.1 Å². The largest absolute Gasteiger partial charge is 0.478 e. The van der Waals surface area contributed by atoms with Gasteiger partial charge in [0.25, 0.3) is 0 Å². The summed E-state index contributed by atoms with van der Waals surface area (Å²) in [6.45, 7) is 4.99. The van der Waals surface area contributed by atoms with E-state index < -0.39 is 6.10 Å². The first kappa shape index (κ1) is 25.8. The van der Waals surface area contributed by atoms with Gasteiger partial charge in [0.2, 0.25) is 5.88 Å². The van der Waals surface area contributed by atoms with E-state index in [9.17, 15) is 4.79 Å². The Hall–Kier alpha value is -3.32. The van der Waals surface area contributed by atoms with E-state index >= 15 is 0 Å². The van der Waals surface area contributed by atoms with Gasteiger partial charge < -0.3 is 14.2 Å². The summed E-state index contributed by atoms with van der Waals surface area (Å²) in [6.07, 6.45) is 10.6. The lowest BCUT2D eigenvalue weighted by Gasteiger charge is -2.07. The van der Waals surface area contributed by atoms with Crippen LogP contribution in [-0.2, 0) is 9.53 Å². The normalized spacial score (nSPS) is 16.5. The maximum absolute atomic E-state index is 12.1. The number of pyridine rings is 1. The van der Waals surface area contributed by atoms with Crippen molar-refractivity contribution in [2.75, 3.05) is 6.61 Å². The molecule has 0 saturated carbocycles. The average molecular weight is 490 g/mol. The highest BCUT2D eigenvalue weighted by molar-refractivity contribution is 5.80.